The van der Waals surface area contributed by atoms with Crippen molar-refractivity contribution >= 4 is 54.6 Å². The van der Waals surface area contributed by atoms with Crippen molar-refractivity contribution in [2.75, 3.05) is 29.1 Å². The van der Waals surface area contributed by atoms with Gasteiger partial charge in [0.25, 0.3) is 0 Å². The van der Waals surface area contributed by atoms with E-state index in [1.807, 2.05) is 43.3 Å². The number of aryl methyl sites for hydroxylation is 1. The number of benzene rings is 3. The summed E-state index contributed by atoms with van der Waals surface area (Å²) in [5.74, 6) is 0.505. The molecule has 1 heterocycles. The van der Waals surface area contributed by atoms with Gasteiger partial charge >= 0.3 is 0 Å². The maximum atomic E-state index is 11.5. The molecule has 0 spiro atoms. The van der Waals surface area contributed by atoms with Gasteiger partial charge in [0.2, 0.25) is 10.0 Å². The van der Waals surface area contributed by atoms with Crippen LogP contribution in [0.2, 0.25) is 0 Å². The minimum atomic E-state index is -3.39. The number of ether oxygens (including phenoxy) is 1. The molecule has 0 unspecified atom stereocenters. The number of nitrogen functional groups attached to an aromatic ring is 1. The Balaban J connectivity index is 1.90. The first-order valence-corrected chi connectivity index (χ1v) is 11.2. The van der Waals surface area contributed by atoms with Gasteiger partial charge in [0.15, 0.2) is 0 Å². The van der Waals surface area contributed by atoms with Crippen molar-refractivity contribution in [3.63, 3.8) is 0 Å². The van der Waals surface area contributed by atoms with Gasteiger partial charge in [-0.05, 0) is 42.8 Å². The van der Waals surface area contributed by atoms with Crippen LogP contribution in [-0.2, 0) is 10.0 Å². The minimum absolute atomic E-state index is 0.424. The number of anilines is 4. The molecule has 154 valence electrons. The van der Waals surface area contributed by atoms with Gasteiger partial charge in [-0.25, -0.2) is 13.4 Å². The minimum Gasteiger partial charge on any atom is -0.494 e. The molecular formula is C22H22N4O3S. The number of nitrogens with zero attached hydrogens (tertiary/aromatic N) is 1. The first kappa shape index (κ1) is 19.8. The Morgan fingerprint density at radius 1 is 1.03 bits per heavy atom. The zero-order chi connectivity index (χ0) is 21.5. The van der Waals surface area contributed by atoms with Crippen LogP contribution in [0, 0.1) is 6.92 Å². The summed E-state index contributed by atoms with van der Waals surface area (Å²) in [7, 11) is -1.85. The van der Waals surface area contributed by atoms with Gasteiger partial charge in [0.05, 0.1) is 41.5 Å². The van der Waals surface area contributed by atoms with E-state index in [-0.39, 0.29) is 0 Å². The van der Waals surface area contributed by atoms with Crippen LogP contribution in [0.5, 0.6) is 5.75 Å². The van der Waals surface area contributed by atoms with Crippen molar-refractivity contribution in [2.24, 2.45) is 0 Å². The number of nitrogens with one attached hydrogen (secondary N) is 2. The third kappa shape index (κ3) is 3.81. The highest BCUT2D eigenvalue weighted by molar-refractivity contribution is 7.92. The Morgan fingerprint density at radius 2 is 1.83 bits per heavy atom. The van der Waals surface area contributed by atoms with Crippen molar-refractivity contribution in [1.29, 1.82) is 0 Å². The highest BCUT2D eigenvalue weighted by Gasteiger charge is 2.14. The second-order valence-corrected chi connectivity index (χ2v) is 8.90. The fraction of sp³-hybridized carbons (Fsp3) is 0.136. The second kappa shape index (κ2) is 7.38. The molecule has 0 bridgehead atoms. The highest BCUT2D eigenvalue weighted by Crippen LogP contribution is 2.38. The molecule has 3 aromatic carbocycles. The van der Waals surface area contributed by atoms with Gasteiger partial charge in [-0.3, -0.25) is 4.72 Å². The quantitative estimate of drug-likeness (QED) is 0.325. The standard InChI is InChI=1S/C22H22N4O3S/c1-13-5-4-6-17-21(13)25-19-11-14(23)7-9-16(19)22(17)24-18-10-8-15(12-20(18)29-2)26-30(3,27)28/h4-12,26H,23H2,1-3H3,(H,24,25). The molecule has 0 atom stereocenters. The van der Waals surface area contributed by atoms with E-state index in [9.17, 15) is 8.42 Å². The molecule has 0 amide bonds. The maximum absolute atomic E-state index is 11.5. The first-order chi connectivity index (χ1) is 14.2. The van der Waals surface area contributed by atoms with E-state index in [0.717, 1.165) is 39.3 Å². The summed E-state index contributed by atoms with van der Waals surface area (Å²) in [4.78, 5) is 4.81. The van der Waals surface area contributed by atoms with Gasteiger partial charge in [-0.1, -0.05) is 18.2 Å². The lowest BCUT2D eigenvalue weighted by atomic mass is 10.0. The van der Waals surface area contributed by atoms with Crippen LogP contribution in [0.1, 0.15) is 5.56 Å². The van der Waals surface area contributed by atoms with E-state index >= 15 is 0 Å². The Labute approximate surface area is 174 Å². The molecule has 4 aromatic rings. The van der Waals surface area contributed by atoms with E-state index < -0.39 is 10.0 Å². The molecule has 0 aliphatic carbocycles. The molecule has 0 fully saturated rings. The lowest BCUT2D eigenvalue weighted by Crippen LogP contribution is -2.09. The van der Waals surface area contributed by atoms with Gasteiger partial charge in [0.1, 0.15) is 5.75 Å². The molecule has 1 aromatic heterocycles. The molecule has 0 saturated carbocycles. The monoisotopic (exact) mass is 422 g/mol. The van der Waals surface area contributed by atoms with Gasteiger partial charge in [-0.2, -0.15) is 0 Å². The second-order valence-electron chi connectivity index (χ2n) is 7.15. The third-order valence-electron chi connectivity index (χ3n) is 4.79. The number of methoxy groups -OCH3 is 1. The number of para-hydroxylation sites is 1. The van der Waals surface area contributed by atoms with Crippen LogP contribution in [0.4, 0.5) is 22.7 Å². The summed E-state index contributed by atoms with van der Waals surface area (Å²) < 4.78 is 31.1. The fourth-order valence-electron chi connectivity index (χ4n) is 3.47. The Hall–Kier alpha value is -3.52. The van der Waals surface area contributed by atoms with Crippen molar-refractivity contribution in [3.8, 4) is 5.75 Å². The van der Waals surface area contributed by atoms with Crippen LogP contribution < -0.4 is 20.5 Å². The smallest absolute Gasteiger partial charge is 0.229 e. The number of sulfonamides is 1. The normalized spacial score (nSPS) is 11.6. The van der Waals surface area contributed by atoms with Crippen LogP contribution in [0.25, 0.3) is 21.8 Å². The third-order valence-corrected chi connectivity index (χ3v) is 5.40. The van der Waals surface area contributed by atoms with Gasteiger partial charge in [0, 0.05) is 22.5 Å². The summed E-state index contributed by atoms with van der Waals surface area (Å²) >= 11 is 0. The van der Waals surface area contributed by atoms with E-state index in [0.29, 0.717) is 22.8 Å². The number of aromatic nitrogens is 1. The fourth-order valence-corrected chi connectivity index (χ4v) is 4.02. The van der Waals surface area contributed by atoms with Crippen molar-refractivity contribution in [1.82, 2.24) is 4.98 Å². The van der Waals surface area contributed by atoms with Crippen molar-refractivity contribution in [3.05, 3.63) is 60.2 Å². The molecule has 4 rings (SSSR count). The van der Waals surface area contributed by atoms with Gasteiger partial charge < -0.3 is 15.8 Å². The highest BCUT2D eigenvalue weighted by atomic mass is 32.2. The van der Waals surface area contributed by atoms with Crippen molar-refractivity contribution < 1.29 is 13.2 Å². The van der Waals surface area contributed by atoms with E-state index in [1.165, 1.54) is 0 Å². The van der Waals surface area contributed by atoms with Crippen molar-refractivity contribution in [2.45, 2.75) is 6.92 Å². The zero-order valence-electron chi connectivity index (χ0n) is 16.9. The SMILES string of the molecule is COc1cc(NS(C)(=O)=O)ccc1Nc1c2ccc(N)cc2nc2c(C)cccc12. The molecule has 0 radical (unpaired) electrons. The maximum Gasteiger partial charge on any atom is 0.229 e. The Morgan fingerprint density at radius 3 is 2.57 bits per heavy atom. The molecule has 0 saturated heterocycles. The number of pyridine rings is 1. The number of nitrogens with two attached hydrogens (primary N) is 1. The molecule has 8 heteroatoms. The van der Waals surface area contributed by atoms with Crippen LogP contribution >= 0.6 is 0 Å². The number of hydrogen-bond acceptors (Lipinski definition) is 6. The number of hydrogen-bond donors (Lipinski definition) is 3. The molecule has 0 aliphatic rings. The topological polar surface area (TPSA) is 106 Å². The molecule has 0 aliphatic heterocycles. The summed E-state index contributed by atoms with van der Waals surface area (Å²) in [5, 5.41) is 5.35. The van der Waals surface area contributed by atoms with E-state index in [1.54, 1.807) is 25.3 Å². The van der Waals surface area contributed by atoms with E-state index in [2.05, 4.69) is 10.0 Å². The summed E-state index contributed by atoms with van der Waals surface area (Å²) in [6.07, 6.45) is 1.11. The average Bonchev–Trinajstić information content (AvgIpc) is 2.68. The molecule has 4 N–H and O–H groups in total. The van der Waals surface area contributed by atoms with Crippen LogP contribution in [0.15, 0.2) is 54.6 Å². The van der Waals surface area contributed by atoms with Gasteiger partial charge in [-0.15, -0.1) is 0 Å². The first-order valence-electron chi connectivity index (χ1n) is 9.26. The Kier molecular flexibility index (Phi) is 4.87. The summed E-state index contributed by atoms with van der Waals surface area (Å²) in [6, 6.07) is 16.7. The molecular weight excluding hydrogens is 400 g/mol. The molecule has 30 heavy (non-hydrogen) atoms. The van der Waals surface area contributed by atoms with E-state index in [4.69, 9.17) is 15.5 Å². The van der Waals surface area contributed by atoms with Crippen LogP contribution in [-0.4, -0.2) is 26.8 Å². The van der Waals surface area contributed by atoms with Crippen LogP contribution in [0.3, 0.4) is 0 Å². The largest absolute Gasteiger partial charge is 0.494 e. The predicted octanol–water partition coefficient (Wildman–Crippen LogP) is 4.40. The summed E-state index contributed by atoms with van der Waals surface area (Å²) in [6.45, 7) is 2.02. The molecule has 7 nitrogen and oxygen atoms in total. The zero-order valence-corrected chi connectivity index (χ0v) is 17.7. The summed E-state index contributed by atoms with van der Waals surface area (Å²) in [5.41, 5.74) is 11.3. The Bertz CT molecular complexity index is 1380. The average molecular weight is 423 g/mol. The number of rotatable bonds is 5. The predicted molar refractivity (Wildman–Crippen MR) is 123 cm³/mol. The lowest BCUT2D eigenvalue weighted by molar-refractivity contribution is 0.417. The number of fused-ring (bicyclic) bond motifs is 2. The lowest BCUT2D eigenvalue weighted by Gasteiger charge is -2.17.